The third kappa shape index (κ3) is 1.99. The molecule has 1 amide bonds. The zero-order valence-corrected chi connectivity index (χ0v) is 8.30. The van der Waals surface area contributed by atoms with Crippen molar-refractivity contribution < 1.29 is 14.3 Å². The van der Waals surface area contributed by atoms with Crippen LogP contribution in [-0.4, -0.2) is 40.3 Å². The van der Waals surface area contributed by atoms with Crippen molar-refractivity contribution in [2.75, 3.05) is 13.1 Å². The first-order valence-corrected chi connectivity index (χ1v) is 4.49. The van der Waals surface area contributed by atoms with Crippen LogP contribution in [0.25, 0.3) is 0 Å². The smallest absolute Gasteiger partial charge is 0.259 e. The highest BCUT2D eigenvalue weighted by Gasteiger charge is 2.46. The van der Waals surface area contributed by atoms with Crippen molar-refractivity contribution in [3.05, 3.63) is 0 Å². The molecule has 0 radical (unpaired) electrons. The fraction of sp³-hybridized carbons (Fsp3) is 0.889. The first-order valence-electron chi connectivity index (χ1n) is 4.49. The maximum atomic E-state index is 13.1. The van der Waals surface area contributed by atoms with Crippen LogP contribution in [0, 0.1) is 0 Å². The van der Waals surface area contributed by atoms with E-state index in [0.29, 0.717) is 6.42 Å². The van der Waals surface area contributed by atoms with Crippen LogP contribution >= 0.6 is 0 Å². The van der Waals surface area contributed by atoms with Gasteiger partial charge in [-0.3, -0.25) is 4.79 Å². The second-order valence-corrected chi connectivity index (χ2v) is 4.21. The molecule has 0 spiro atoms. The lowest BCUT2D eigenvalue weighted by Crippen LogP contribution is -2.65. The summed E-state index contributed by atoms with van der Waals surface area (Å²) in [5.41, 5.74) is -2.60. The number of β-amino-alcohol motifs (C(OH)–C–C–N with tert-alkyl or cyclic N) is 1. The van der Waals surface area contributed by atoms with E-state index in [-0.39, 0.29) is 13.1 Å². The van der Waals surface area contributed by atoms with E-state index in [1.165, 1.54) is 18.7 Å². The Kier molecular flexibility index (Phi) is 2.36. The molecule has 1 aliphatic heterocycles. The number of likely N-dealkylation sites (tertiary alicyclic amines) is 1. The lowest BCUT2D eigenvalue weighted by Gasteiger charge is -2.47. The minimum Gasteiger partial charge on any atom is -0.386 e. The van der Waals surface area contributed by atoms with E-state index in [1.54, 1.807) is 0 Å². The summed E-state index contributed by atoms with van der Waals surface area (Å²) in [6, 6.07) is 0. The molecule has 0 atom stereocenters. The number of rotatable bonds is 2. The van der Waals surface area contributed by atoms with E-state index in [2.05, 4.69) is 0 Å². The molecule has 0 unspecified atom stereocenters. The minimum atomic E-state index is -1.82. The highest BCUT2D eigenvalue weighted by Crippen LogP contribution is 2.27. The number of alkyl halides is 1. The van der Waals surface area contributed by atoms with Crippen molar-refractivity contribution in [3.8, 4) is 0 Å². The van der Waals surface area contributed by atoms with Crippen LogP contribution in [0.15, 0.2) is 0 Å². The van der Waals surface area contributed by atoms with Crippen molar-refractivity contribution in [2.24, 2.45) is 0 Å². The van der Waals surface area contributed by atoms with Gasteiger partial charge in [0.1, 0.15) is 0 Å². The molecule has 4 heteroatoms. The highest BCUT2D eigenvalue weighted by molar-refractivity contribution is 5.85. The van der Waals surface area contributed by atoms with Crippen LogP contribution in [0.5, 0.6) is 0 Å². The largest absolute Gasteiger partial charge is 0.386 e. The van der Waals surface area contributed by atoms with Gasteiger partial charge in [0.05, 0.1) is 18.7 Å². The summed E-state index contributed by atoms with van der Waals surface area (Å²) < 4.78 is 13.1. The molecule has 1 heterocycles. The van der Waals surface area contributed by atoms with Gasteiger partial charge in [-0.15, -0.1) is 0 Å². The van der Waals surface area contributed by atoms with Gasteiger partial charge in [0.2, 0.25) is 0 Å². The molecule has 1 saturated heterocycles. The Bertz CT molecular complexity index is 216. The van der Waals surface area contributed by atoms with E-state index in [9.17, 15) is 14.3 Å². The number of amides is 1. The first-order chi connectivity index (χ1) is 5.78. The van der Waals surface area contributed by atoms with Gasteiger partial charge in [-0.2, -0.15) is 0 Å². The standard InChI is InChI=1S/C9H16FNO2/c1-4-9(13)5-11(6-9)7(12)8(2,3)10/h13H,4-6H2,1-3H3. The molecule has 3 nitrogen and oxygen atoms in total. The molecule has 0 bridgehead atoms. The van der Waals surface area contributed by atoms with Gasteiger partial charge in [-0.1, -0.05) is 6.92 Å². The maximum absolute atomic E-state index is 13.1. The minimum absolute atomic E-state index is 0.260. The fourth-order valence-corrected chi connectivity index (χ4v) is 1.41. The van der Waals surface area contributed by atoms with E-state index < -0.39 is 17.2 Å². The average Bonchev–Trinajstić information content (AvgIpc) is 1.95. The number of aliphatic hydroxyl groups is 1. The van der Waals surface area contributed by atoms with Crippen LogP contribution in [0.1, 0.15) is 27.2 Å². The van der Waals surface area contributed by atoms with E-state index in [0.717, 1.165) is 0 Å². The Balaban J connectivity index is 2.49. The van der Waals surface area contributed by atoms with Crippen molar-refractivity contribution in [2.45, 2.75) is 38.5 Å². The molecule has 0 aromatic heterocycles. The Morgan fingerprint density at radius 1 is 1.62 bits per heavy atom. The molecule has 1 fully saturated rings. The molecular weight excluding hydrogens is 173 g/mol. The Morgan fingerprint density at radius 2 is 2.08 bits per heavy atom. The van der Waals surface area contributed by atoms with Crippen molar-refractivity contribution in [3.63, 3.8) is 0 Å². The highest BCUT2D eigenvalue weighted by atomic mass is 19.1. The number of carbonyl (C=O) groups is 1. The third-order valence-electron chi connectivity index (χ3n) is 2.42. The summed E-state index contributed by atoms with van der Waals surface area (Å²) in [7, 11) is 0. The molecule has 0 aromatic carbocycles. The topological polar surface area (TPSA) is 40.5 Å². The lowest BCUT2D eigenvalue weighted by atomic mass is 9.90. The molecule has 13 heavy (non-hydrogen) atoms. The third-order valence-corrected chi connectivity index (χ3v) is 2.42. The van der Waals surface area contributed by atoms with Crippen molar-refractivity contribution in [1.82, 2.24) is 4.90 Å². The lowest BCUT2D eigenvalue weighted by molar-refractivity contribution is -0.165. The van der Waals surface area contributed by atoms with E-state index in [4.69, 9.17) is 0 Å². The van der Waals surface area contributed by atoms with Gasteiger partial charge in [-0.25, -0.2) is 4.39 Å². The van der Waals surface area contributed by atoms with Crippen LogP contribution in [0.4, 0.5) is 4.39 Å². The number of hydrogen-bond acceptors (Lipinski definition) is 2. The normalized spacial score (nSPS) is 21.2. The number of hydrogen-bond donors (Lipinski definition) is 1. The Labute approximate surface area is 77.5 Å². The molecule has 0 aliphatic carbocycles. The quantitative estimate of drug-likeness (QED) is 0.695. The van der Waals surface area contributed by atoms with Crippen LogP contribution in [0.2, 0.25) is 0 Å². The predicted molar refractivity (Wildman–Crippen MR) is 47.0 cm³/mol. The van der Waals surface area contributed by atoms with Crippen LogP contribution in [0.3, 0.4) is 0 Å². The monoisotopic (exact) mass is 189 g/mol. The summed E-state index contributed by atoms with van der Waals surface area (Å²) in [5, 5.41) is 9.59. The van der Waals surface area contributed by atoms with Crippen molar-refractivity contribution >= 4 is 5.91 Å². The number of nitrogens with zero attached hydrogens (tertiary/aromatic N) is 1. The molecule has 1 rings (SSSR count). The van der Waals surface area contributed by atoms with Gasteiger partial charge >= 0.3 is 0 Å². The molecule has 0 saturated carbocycles. The van der Waals surface area contributed by atoms with Gasteiger partial charge in [0.15, 0.2) is 5.67 Å². The number of halogens is 1. The SMILES string of the molecule is CCC1(O)CN(C(=O)C(C)(C)F)C1. The van der Waals surface area contributed by atoms with Crippen molar-refractivity contribution in [1.29, 1.82) is 0 Å². The summed E-state index contributed by atoms with van der Waals surface area (Å²) in [5.74, 6) is -0.536. The fourth-order valence-electron chi connectivity index (χ4n) is 1.41. The Hall–Kier alpha value is -0.640. The van der Waals surface area contributed by atoms with Gasteiger partial charge in [0.25, 0.3) is 5.91 Å². The van der Waals surface area contributed by atoms with Gasteiger partial charge < -0.3 is 10.0 Å². The number of carbonyl (C=O) groups excluding carboxylic acids is 1. The van der Waals surface area contributed by atoms with E-state index >= 15 is 0 Å². The van der Waals surface area contributed by atoms with Gasteiger partial charge in [0, 0.05) is 0 Å². The first kappa shape index (κ1) is 10.4. The second kappa shape index (κ2) is 2.94. The maximum Gasteiger partial charge on any atom is 0.259 e. The Morgan fingerprint density at radius 3 is 2.38 bits per heavy atom. The summed E-state index contributed by atoms with van der Waals surface area (Å²) in [6.07, 6.45) is 0.601. The van der Waals surface area contributed by atoms with Crippen LogP contribution < -0.4 is 0 Å². The van der Waals surface area contributed by atoms with Crippen LogP contribution in [-0.2, 0) is 4.79 Å². The van der Waals surface area contributed by atoms with Gasteiger partial charge in [-0.05, 0) is 20.3 Å². The molecule has 0 aromatic rings. The molecule has 1 aliphatic rings. The average molecular weight is 189 g/mol. The molecular formula is C9H16FNO2. The predicted octanol–water partition coefficient (Wildman–Crippen LogP) is 0.718. The summed E-state index contributed by atoms with van der Waals surface area (Å²) in [6.45, 7) is 4.84. The summed E-state index contributed by atoms with van der Waals surface area (Å²) >= 11 is 0. The van der Waals surface area contributed by atoms with E-state index in [1.807, 2.05) is 6.92 Å². The summed E-state index contributed by atoms with van der Waals surface area (Å²) in [4.78, 5) is 12.6. The molecule has 76 valence electrons. The zero-order chi connectivity index (χ0) is 10.3. The second-order valence-electron chi connectivity index (χ2n) is 4.21. The zero-order valence-electron chi connectivity index (χ0n) is 8.30. The molecule has 1 N–H and O–H groups in total.